The second-order valence-electron chi connectivity index (χ2n) is 4.67. The first-order chi connectivity index (χ1) is 9.75. The predicted octanol–water partition coefficient (Wildman–Crippen LogP) is 0.425. The highest BCUT2D eigenvalue weighted by atomic mass is 32.2. The van der Waals surface area contributed by atoms with Crippen LogP contribution in [-0.2, 0) is 24.2 Å². The molecular formula is C12H17NO6S2. The van der Waals surface area contributed by atoms with E-state index in [-0.39, 0.29) is 42.7 Å². The topological polar surface area (TPSA) is 106 Å². The summed E-state index contributed by atoms with van der Waals surface area (Å²) in [6.07, 6.45) is 0.305. The predicted molar refractivity (Wildman–Crippen MR) is 77.8 cm³/mol. The van der Waals surface area contributed by atoms with E-state index in [9.17, 15) is 27.6 Å². The lowest BCUT2D eigenvalue weighted by Crippen LogP contribution is -2.30. The highest BCUT2D eigenvalue weighted by Crippen LogP contribution is 2.19. The van der Waals surface area contributed by atoms with E-state index in [4.69, 9.17) is 0 Å². The Balaban J connectivity index is 2.36. The number of carbonyl (C=O) groups is 4. The van der Waals surface area contributed by atoms with Crippen LogP contribution in [-0.4, -0.2) is 59.8 Å². The Bertz CT molecular complexity index is 538. The SMILES string of the molecule is CCC(=O)CS(=O)(=O)CC(=O)CCCN1C(=O)CSC1=O. The fourth-order valence-electron chi connectivity index (χ4n) is 1.75. The van der Waals surface area contributed by atoms with Gasteiger partial charge in [-0.3, -0.25) is 24.1 Å². The van der Waals surface area contributed by atoms with E-state index in [1.807, 2.05) is 0 Å². The molecule has 0 N–H and O–H groups in total. The first-order valence-corrected chi connectivity index (χ1v) is 9.27. The fourth-order valence-corrected chi connectivity index (χ4v) is 3.93. The molecule has 1 fully saturated rings. The number of hydrogen-bond donors (Lipinski definition) is 0. The maximum Gasteiger partial charge on any atom is 0.288 e. The van der Waals surface area contributed by atoms with E-state index in [1.54, 1.807) is 6.92 Å². The minimum absolute atomic E-state index is 0.0404. The maximum absolute atomic E-state index is 11.6. The van der Waals surface area contributed by atoms with Gasteiger partial charge in [-0.25, -0.2) is 8.42 Å². The summed E-state index contributed by atoms with van der Waals surface area (Å²) in [5.74, 6) is -2.40. The Morgan fingerprint density at radius 1 is 1.19 bits per heavy atom. The van der Waals surface area contributed by atoms with Gasteiger partial charge in [0.2, 0.25) is 5.91 Å². The molecule has 1 saturated heterocycles. The monoisotopic (exact) mass is 335 g/mol. The van der Waals surface area contributed by atoms with Crippen LogP contribution in [0.1, 0.15) is 26.2 Å². The average molecular weight is 335 g/mol. The lowest BCUT2D eigenvalue weighted by Gasteiger charge is -2.11. The van der Waals surface area contributed by atoms with E-state index < -0.39 is 32.9 Å². The van der Waals surface area contributed by atoms with Crippen LogP contribution < -0.4 is 0 Å². The van der Waals surface area contributed by atoms with Crippen molar-refractivity contribution in [2.45, 2.75) is 26.2 Å². The second-order valence-corrected chi connectivity index (χ2v) is 7.66. The van der Waals surface area contributed by atoms with E-state index >= 15 is 0 Å². The Morgan fingerprint density at radius 3 is 2.33 bits per heavy atom. The molecule has 0 bridgehead atoms. The molecule has 0 saturated carbocycles. The molecule has 0 radical (unpaired) electrons. The summed E-state index contributed by atoms with van der Waals surface area (Å²) in [5.41, 5.74) is 0. The summed E-state index contributed by atoms with van der Waals surface area (Å²) in [6, 6.07) is 0. The molecule has 0 atom stereocenters. The number of carbonyl (C=O) groups excluding carboxylic acids is 4. The zero-order valence-corrected chi connectivity index (χ0v) is 13.3. The number of Topliss-reactive ketones (excluding diaryl/α,β-unsaturated/α-hetero) is 2. The van der Waals surface area contributed by atoms with Crippen LogP contribution in [0.2, 0.25) is 0 Å². The van der Waals surface area contributed by atoms with Crippen molar-refractivity contribution in [2.24, 2.45) is 0 Å². The molecule has 2 amide bonds. The zero-order valence-electron chi connectivity index (χ0n) is 11.7. The minimum Gasteiger partial charge on any atom is -0.299 e. The molecule has 0 aliphatic carbocycles. The van der Waals surface area contributed by atoms with Gasteiger partial charge in [-0.05, 0) is 6.42 Å². The number of sulfone groups is 1. The van der Waals surface area contributed by atoms with Crippen LogP contribution in [0.15, 0.2) is 0 Å². The second kappa shape index (κ2) is 7.69. The van der Waals surface area contributed by atoms with Gasteiger partial charge in [-0.1, -0.05) is 18.7 Å². The van der Waals surface area contributed by atoms with E-state index in [1.165, 1.54) is 0 Å². The minimum atomic E-state index is -3.71. The van der Waals surface area contributed by atoms with Crippen LogP contribution in [0.4, 0.5) is 4.79 Å². The van der Waals surface area contributed by atoms with Crippen molar-refractivity contribution in [1.29, 1.82) is 0 Å². The van der Waals surface area contributed by atoms with Crippen LogP contribution in [0.3, 0.4) is 0 Å². The number of imide groups is 1. The molecule has 0 unspecified atom stereocenters. The molecule has 1 aliphatic heterocycles. The zero-order chi connectivity index (χ0) is 16.0. The van der Waals surface area contributed by atoms with Gasteiger partial charge < -0.3 is 0 Å². The summed E-state index contributed by atoms with van der Waals surface area (Å²) in [4.78, 5) is 46.3. The molecule has 1 heterocycles. The van der Waals surface area contributed by atoms with Crippen LogP contribution in [0.25, 0.3) is 0 Å². The van der Waals surface area contributed by atoms with Crippen LogP contribution in [0, 0.1) is 0 Å². The molecule has 0 aromatic rings. The standard InChI is InChI=1S/C12H17NO6S2/c1-2-9(14)7-21(18,19)8-10(15)4-3-5-13-11(16)6-20-12(13)17/h2-8H2,1H3. The first kappa shape index (κ1) is 17.8. The van der Waals surface area contributed by atoms with Crippen molar-refractivity contribution < 1.29 is 27.6 Å². The van der Waals surface area contributed by atoms with Crippen LogP contribution in [0.5, 0.6) is 0 Å². The van der Waals surface area contributed by atoms with Gasteiger partial charge in [0.05, 0.1) is 5.75 Å². The average Bonchev–Trinajstić information content (AvgIpc) is 2.68. The Kier molecular flexibility index (Phi) is 6.53. The van der Waals surface area contributed by atoms with Gasteiger partial charge in [0.1, 0.15) is 23.1 Å². The molecule has 118 valence electrons. The largest absolute Gasteiger partial charge is 0.299 e. The van der Waals surface area contributed by atoms with Crippen molar-refractivity contribution in [3.05, 3.63) is 0 Å². The molecule has 1 rings (SSSR count). The summed E-state index contributed by atoms with van der Waals surface area (Å²) >= 11 is 0.911. The molecule has 9 heteroatoms. The number of amides is 2. The van der Waals surface area contributed by atoms with Gasteiger partial charge >= 0.3 is 0 Å². The van der Waals surface area contributed by atoms with Gasteiger partial charge in [0, 0.05) is 19.4 Å². The Morgan fingerprint density at radius 2 is 1.81 bits per heavy atom. The lowest BCUT2D eigenvalue weighted by molar-refractivity contribution is -0.125. The van der Waals surface area contributed by atoms with Gasteiger partial charge in [-0.2, -0.15) is 0 Å². The quantitative estimate of drug-likeness (QED) is 0.601. The summed E-state index contributed by atoms with van der Waals surface area (Å²) in [7, 11) is -3.71. The summed E-state index contributed by atoms with van der Waals surface area (Å²) in [6.45, 7) is 1.67. The summed E-state index contributed by atoms with van der Waals surface area (Å²) in [5, 5.41) is -0.339. The normalized spacial score (nSPS) is 15.6. The van der Waals surface area contributed by atoms with E-state index in [2.05, 4.69) is 0 Å². The third-order valence-corrected chi connectivity index (χ3v) is 5.22. The number of rotatable bonds is 9. The van der Waals surface area contributed by atoms with Crippen molar-refractivity contribution >= 4 is 44.3 Å². The number of thioether (sulfide) groups is 1. The molecule has 0 aromatic heterocycles. The Hall–Kier alpha value is -1.22. The Labute approximate surface area is 127 Å². The lowest BCUT2D eigenvalue weighted by atomic mass is 10.2. The number of nitrogens with zero attached hydrogens (tertiary/aromatic N) is 1. The molecule has 7 nitrogen and oxygen atoms in total. The molecule has 21 heavy (non-hydrogen) atoms. The van der Waals surface area contributed by atoms with E-state index in [0.29, 0.717) is 0 Å². The third kappa shape index (κ3) is 5.96. The smallest absolute Gasteiger partial charge is 0.288 e. The van der Waals surface area contributed by atoms with Gasteiger partial charge in [0.15, 0.2) is 9.84 Å². The van der Waals surface area contributed by atoms with Crippen molar-refractivity contribution in [1.82, 2.24) is 4.90 Å². The fraction of sp³-hybridized carbons (Fsp3) is 0.667. The number of ketones is 2. The maximum atomic E-state index is 11.6. The van der Waals surface area contributed by atoms with Crippen molar-refractivity contribution in [2.75, 3.05) is 23.8 Å². The number of hydrogen-bond acceptors (Lipinski definition) is 7. The van der Waals surface area contributed by atoms with Crippen molar-refractivity contribution in [3.63, 3.8) is 0 Å². The van der Waals surface area contributed by atoms with Crippen molar-refractivity contribution in [3.8, 4) is 0 Å². The third-order valence-electron chi connectivity index (χ3n) is 2.83. The molecule has 0 spiro atoms. The highest BCUT2D eigenvalue weighted by Gasteiger charge is 2.29. The van der Waals surface area contributed by atoms with E-state index in [0.717, 1.165) is 16.7 Å². The highest BCUT2D eigenvalue weighted by molar-refractivity contribution is 8.14. The van der Waals surface area contributed by atoms with Gasteiger partial charge in [-0.15, -0.1) is 0 Å². The summed E-state index contributed by atoms with van der Waals surface area (Å²) < 4.78 is 23.1. The first-order valence-electron chi connectivity index (χ1n) is 6.46. The van der Waals surface area contributed by atoms with Crippen LogP contribution >= 0.6 is 11.8 Å². The molecule has 1 aliphatic rings. The van der Waals surface area contributed by atoms with Gasteiger partial charge in [0.25, 0.3) is 5.24 Å². The molecule has 0 aromatic carbocycles. The molecular weight excluding hydrogens is 318 g/mol.